The van der Waals surface area contributed by atoms with E-state index in [0.29, 0.717) is 0 Å². The molecule has 0 aliphatic heterocycles. The molecule has 0 fully saturated rings. The third kappa shape index (κ3) is 5.48. The summed E-state index contributed by atoms with van der Waals surface area (Å²) in [7, 11) is -3.83. The smallest absolute Gasteiger partial charge is 0.244 e. The molecule has 0 bridgehead atoms. The molecule has 0 aliphatic carbocycles. The first kappa shape index (κ1) is 23.2. The molecule has 0 aliphatic rings. The van der Waals surface area contributed by atoms with E-state index in [1.54, 1.807) is 6.92 Å². The van der Waals surface area contributed by atoms with Crippen LogP contribution in [-0.4, -0.2) is 26.6 Å². The van der Waals surface area contributed by atoms with Gasteiger partial charge in [-0.15, -0.1) is 0 Å². The van der Waals surface area contributed by atoms with Crippen LogP contribution in [0.5, 0.6) is 0 Å². The number of anilines is 1. The van der Waals surface area contributed by atoms with Gasteiger partial charge in [-0.1, -0.05) is 42.3 Å². The second-order valence-corrected chi connectivity index (χ2v) is 9.44. The van der Waals surface area contributed by atoms with Gasteiger partial charge in [0, 0.05) is 0 Å². The van der Waals surface area contributed by atoms with Gasteiger partial charge in [0.15, 0.2) is 0 Å². The molecule has 1 amide bonds. The van der Waals surface area contributed by atoms with Crippen molar-refractivity contribution in [1.29, 1.82) is 0 Å². The zero-order valence-electron chi connectivity index (χ0n) is 17.2. The quantitative estimate of drug-likeness (QED) is 0.688. The van der Waals surface area contributed by atoms with E-state index in [1.807, 2.05) is 39.0 Å². The molecule has 0 spiro atoms. The molecular weight excluding hydrogens is 415 g/mol. The van der Waals surface area contributed by atoms with Gasteiger partial charge in [-0.3, -0.25) is 9.10 Å². The molecule has 0 saturated carbocycles. The number of carbonyl (C=O) groups excluding carboxylic acids is 1. The van der Waals surface area contributed by atoms with E-state index in [-0.39, 0.29) is 23.2 Å². The van der Waals surface area contributed by atoms with E-state index in [1.165, 1.54) is 12.1 Å². The van der Waals surface area contributed by atoms with E-state index in [2.05, 4.69) is 5.32 Å². The maximum atomic E-state index is 13.5. The zero-order chi connectivity index (χ0) is 21.9. The number of halogens is 2. The fraction of sp³-hybridized carbons (Fsp3) is 0.381. The molecule has 2 atom stereocenters. The van der Waals surface area contributed by atoms with Gasteiger partial charge in [-0.25, -0.2) is 12.8 Å². The first-order valence-electron chi connectivity index (χ1n) is 9.27. The third-order valence-corrected chi connectivity index (χ3v) is 6.21. The van der Waals surface area contributed by atoms with Gasteiger partial charge in [0.25, 0.3) is 0 Å². The SMILES string of the molecule is CC[C@@H](C(=O)N[C@H](C)c1ccc(C)cc1C)N(c1ccc(F)c(Cl)c1)S(C)(=O)=O. The normalized spacial score (nSPS) is 13.6. The summed E-state index contributed by atoms with van der Waals surface area (Å²) < 4.78 is 39.5. The van der Waals surface area contributed by atoms with Crippen LogP contribution in [0, 0.1) is 19.7 Å². The van der Waals surface area contributed by atoms with Crippen LogP contribution in [0.3, 0.4) is 0 Å². The van der Waals surface area contributed by atoms with Crippen molar-refractivity contribution in [2.24, 2.45) is 0 Å². The fourth-order valence-electron chi connectivity index (χ4n) is 3.38. The molecule has 5 nitrogen and oxygen atoms in total. The van der Waals surface area contributed by atoms with Gasteiger partial charge in [-0.05, 0) is 56.5 Å². The summed E-state index contributed by atoms with van der Waals surface area (Å²) in [6, 6.07) is 8.22. The standard InChI is InChI=1S/C21H26ClFN2O3S/c1-6-20(21(26)24-15(4)17-9-7-13(2)11-14(17)3)25(29(5,27)28)16-8-10-19(23)18(22)12-16/h7-12,15,20H,6H2,1-5H3,(H,24,26)/t15-,20+/m1/s1. The Morgan fingerprint density at radius 3 is 2.38 bits per heavy atom. The number of aryl methyl sites for hydroxylation is 2. The molecule has 8 heteroatoms. The monoisotopic (exact) mass is 440 g/mol. The average Bonchev–Trinajstić information content (AvgIpc) is 2.60. The largest absolute Gasteiger partial charge is 0.348 e. The van der Waals surface area contributed by atoms with Crippen LogP contribution in [0.25, 0.3) is 0 Å². The van der Waals surface area contributed by atoms with Crippen LogP contribution < -0.4 is 9.62 Å². The summed E-state index contributed by atoms with van der Waals surface area (Å²) in [5, 5.41) is 2.69. The Hall–Kier alpha value is -2.12. The third-order valence-electron chi connectivity index (χ3n) is 4.74. The van der Waals surface area contributed by atoms with Crippen LogP contribution in [0.1, 0.15) is 43.0 Å². The number of carbonyl (C=O) groups is 1. The van der Waals surface area contributed by atoms with E-state index in [0.717, 1.165) is 33.3 Å². The molecule has 29 heavy (non-hydrogen) atoms. The van der Waals surface area contributed by atoms with Crippen molar-refractivity contribution in [2.45, 2.75) is 46.2 Å². The molecule has 2 rings (SSSR count). The fourth-order valence-corrected chi connectivity index (χ4v) is 4.76. The van der Waals surface area contributed by atoms with Gasteiger partial charge in [-0.2, -0.15) is 0 Å². The van der Waals surface area contributed by atoms with Crippen LogP contribution in [0.2, 0.25) is 5.02 Å². The van der Waals surface area contributed by atoms with Gasteiger partial charge in [0.05, 0.1) is 23.0 Å². The summed E-state index contributed by atoms with van der Waals surface area (Å²) >= 11 is 5.83. The van der Waals surface area contributed by atoms with Crippen molar-refractivity contribution in [3.63, 3.8) is 0 Å². The first-order valence-corrected chi connectivity index (χ1v) is 11.5. The molecule has 0 radical (unpaired) electrons. The number of amides is 1. The predicted octanol–water partition coefficient (Wildman–Crippen LogP) is 4.52. The van der Waals surface area contributed by atoms with Crippen LogP contribution in [0.4, 0.5) is 10.1 Å². The maximum absolute atomic E-state index is 13.5. The van der Waals surface area contributed by atoms with Crippen molar-refractivity contribution >= 4 is 33.2 Å². The van der Waals surface area contributed by atoms with Crippen molar-refractivity contribution < 1.29 is 17.6 Å². The van der Waals surface area contributed by atoms with E-state index in [9.17, 15) is 17.6 Å². The average molecular weight is 441 g/mol. The Bertz CT molecular complexity index is 1010. The minimum atomic E-state index is -3.83. The maximum Gasteiger partial charge on any atom is 0.244 e. The lowest BCUT2D eigenvalue weighted by atomic mass is 10.00. The molecule has 0 aromatic heterocycles. The molecule has 1 N–H and O–H groups in total. The second-order valence-electron chi connectivity index (χ2n) is 7.17. The highest BCUT2D eigenvalue weighted by Gasteiger charge is 2.32. The van der Waals surface area contributed by atoms with E-state index < -0.39 is 27.8 Å². The molecule has 2 aromatic carbocycles. The summed E-state index contributed by atoms with van der Waals surface area (Å²) in [5.41, 5.74) is 3.25. The van der Waals surface area contributed by atoms with Crippen molar-refractivity contribution in [3.8, 4) is 0 Å². The topological polar surface area (TPSA) is 66.5 Å². The highest BCUT2D eigenvalue weighted by Crippen LogP contribution is 2.28. The summed E-state index contributed by atoms with van der Waals surface area (Å²) in [6.45, 7) is 7.52. The lowest BCUT2D eigenvalue weighted by Gasteiger charge is -2.31. The number of nitrogens with zero attached hydrogens (tertiary/aromatic N) is 1. The van der Waals surface area contributed by atoms with Crippen molar-refractivity contribution in [3.05, 3.63) is 63.9 Å². The van der Waals surface area contributed by atoms with Crippen LogP contribution >= 0.6 is 11.6 Å². The Labute approximate surface area is 176 Å². The molecule has 0 unspecified atom stereocenters. The number of rotatable bonds is 7. The summed E-state index contributed by atoms with van der Waals surface area (Å²) in [6.07, 6.45) is 1.24. The number of hydrogen-bond acceptors (Lipinski definition) is 3. The van der Waals surface area contributed by atoms with Crippen LogP contribution in [0.15, 0.2) is 36.4 Å². The van der Waals surface area contributed by atoms with Gasteiger partial charge in [0.2, 0.25) is 15.9 Å². The predicted molar refractivity (Wildman–Crippen MR) is 115 cm³/mol. The number of benzene rings is 2. The molecule has 2 aromatic rings. The van der Waals surface area contributed by atoms with Gasteiger partial charge in [0.1, 0.15) is 11.9 Å². The Kier molecular flexibility index (Phi) is 7.30. The van der Waals surface area contributed by atoms with Crippen molar-refractivity contribution in [1.82, 2.24) is 5.32 Å². The lowest BCUT2D eigenvalue weighted by molar-refractivity contribution is -0.122. The Morgan fingerprint density at radius 2 is 1.86 bits per heavy atom. The Morgan fingerprint density at radius 1 is 1.21 bits per heavy atom. The Balaban J connectivity index is 2.36. The van der Waals surface area contributed by atoms with Gasteiger partial charge >= 0.3 is 0 Å². The van der Waals surface area contributed by atoms with E-state index in [4.69, 9.17) is 11.6 Å². The summed E-state index contributed by atoms with van der Waals surface area (Å²) in [5.74, 6) is -1.10. The highest BCUT2D eigenvalue weighted by atomic mass is 35.5. The number of sulfonamides is 1. The minimum absolute atomic E-state index is 0.139. The zero-order valence-corrected chi connectivity index (χ0v) is 18.7. The summed E-state index contributed by atoms with van der Waals surface area (Å²) in [4.78, 5) is 13.0. The van der Waals surface area contributed by atoms with Gasteiger partial charge < -0.3 is 5.32 Å². The van der Waals surface area contributed by atoms with Crippen molar-refractivity contribution in [2.75, 3.05) is 10.6 Å². The molecule has 158 valence electrons. The minimum Gasteiger partial charge on any atom is -0.348 e. The highest BCUT2D eigenvalue weighted by molar-refractivity contribution is 7.92. The van der Waals surface area contributed by atoms with E-state index >= 15 is 0 Å². The molecular formula is C21H26ClFN2O3S. The molecule has 0 heterocycles. The lowest BCUT2D eigenvalue weighted by Crippen LogP contribution is -2.49. The first-order chi connectivity index (χ1) is 13.5. The number of hydrogen-bond donors (Lipinski definition) is 1. The second kappa shape index (κ2) is 9.13. The molecule has 0 saturated heterocycles. The number of nitrogens with one attached hydrogen (secondary N) is 1. The van der Waals surface area contributed by atoms with Crippen LogP contribution in [-0.2, 0) is 14.8 Å².